The number of nitrogens with two attached hydrogens (primary N) is 1. The third-order valence-electron chi connectivity index (χ3n) is 2.51. The SMILES string of the molecule is C/C=C/CCNC(CN)c1ccc(F)cc1F. The predicted octanol–water partition coefficient (Wildman–Crippen LogP) is 2.52. The Labute approximate surface area is 101 Å². The van der Waals surface area contributed by atoms with Gasteiger partial charge in [-0.25, -0.2) is 8.78 Å². The Balaban J connectivity index is 2.65. The quantitative estimate of drug-likeness (QED) is 0.592. The second-order valence-electron chi connectivity index (χ2n) is 3.77. The first-order valence-corrected chi connectivity index (χ1v) is 5.68. The normalized spacial score (nSPS) is 13.2. The number of nitrogens with one attached hydrogen (secondary N) is 1. The van der Waals surface area contributed by atoms with Gasteiger partial charge >= 0.3 is 0 Å². The highest BCUT2D eigenvalue weighted by atomic mass is 19.1. The average molecular weight is 240 g/mol. The van der Waals surface area contributed by atoms with Gasteiger partial charge in [0.1, 0.15) is 11.6 Å². The van der Waals surface area contributed by atoms with Crippen LogP contribution in [0.3, 0.4) is 0 Å². The van der Waals surface area contributed by atoms with Crippen LogP contribution in [0.5, 0.6) is 0 Å². The summed E-state index contributed by atoms with van der Waals surface area (Å²) in [7, 11) is 0. The summed E-state index contributed by atoms with van der Waals surface area (Å²) in [5.74, 6) is -1.13. The van der Waals surface area contributed by atoms with Crippen molar-refractivity contribution in [2.45, 2.75) is 19.4 Å². The fourth-order valence-electron chi connectivity index (χ4n) is 1.61. The van der Waals surface area contributed by atoms with Crippen LogP contribution in [0.25, 0.3) is 0 Å². The molecule has 0 spiro atoms. The molecule has 17 heavy (non-hydrogen) atoms. The zero-order valence-corrected chi connectivity index (χ0v) is 9.92. The largest absolute Gasteiger partial charge is 0.329 e. The second kappa shape index (κ2) is 7.14. The van der Waals surface area contributed by atoms with Gasteiger partial charge in [-0.05, 0) is 26.0 Å². The molecule has 0 aliphatic rings. The minimum Gasteiger partial charge on any atom is -0.329 e. The summed E-state index contributed by atoms with van der Waals surface area (Å²) in [6.07, 6.45) is 4.83. The lowest BCUT2D eigenvalue weighted by Gasteiger charge is -2.17. The van der Waals surface area contributed by atoms with Crippen molar-refractivity contribution in [2.75, 3.05) is 13.1 Å². The predicted molar refractivity (Wildman–Crippen MR) is 65.6 cm³/mol. The molecule has 0 amide bonds. The van der Waals surface area contributed by atoms with E-state index in [1.54, 1.807) is 0 Å². The topological polar surface area (TPSA) is 38.0 Å². The molecule has 0 radical (unpaired) electrons. The highest BCUT2D eigenvalue weighted by molar-refractivity contribution is 5.22. The Morgan fingerprint density at radius 3 is 2.76 bits per heavy atom. The second-order valence-corrected chi connectivity index (χ2v) is 3.77. The molecule has 0 aliphatic carbocycles. The smallest absolute Gasteiger partial charge is 0.130 e. The molecule has 0 aliphatic heterocycles. The molecule has 0 heterocycles. The van der Waals surface area contributed by atoms with E-state index in [0.29, 0.717) is 12.1 Å². The molecule has 0 aromatic heterocycles. The van der Waals surface area contributed by atoms with Crippen LogP contribution in [-0.2, 0) is 0 Å². The molecule has 0 saturated heterocycles. The van der Waals surface area contributed by atoms with E-state index in [9.17, 15) is 8.78 Å². The van der Waals surface area contributed by atoms with E-state index in [-0.39, 0.29) is 12.6 Å². The first kappa shape index (κ1) is 13.8. The maximum atomic E-state index is 13.5. The molecular weight excluding hydrogens is 222 g/mol. The van der Waals surface area contributed by atoms with Gasteiger partial charge < -0.3 is 11.1 Å². The van der Waals surface area contributed by atoms with E-state index >= 15 is 0 Å². The van der Waals surface area contributed by atoms with Gasteiger partial charge in [0.25, 0.3) is 0 Å². The van der Waals surface area contributed by atoms with Crippen molar-refractivity contribution in [3.05, 3.63) is 47.5 Å². The van der Waals surface area contributed by atoms with E-state index in [1.165, 1.54) is 12.1 Å². The van der Waals surface area contributed by atoms with Gasteiger partial charge in [-0.1, -0.05) is 18.2 Å². The number of rotatable bonds is 6. The monoisotopic (exact) mass is 240 g/mol. The highest BCUT2D eigenvalue weighted by Crippen LogP contribution is 2.17. The van der Waals surface area contributed by atoms with Crippen LogP contribution >= 0.6 is 0 Å². The summed E-state index contributed by atoms with van der Waals surface area (Å²) in [6, 6.07) is 3.28. The van der Waals surface area contributed by atoms with E-state index in [2.05, 4.69) is 5.32 Å². The summed E-state index contributed by atoms with van der Waals surface area (Å²) in [5, 5.41) is 3.14. The lowest BCUT2D eigenvalue weighted by atomic mass is 10.1. The number of benzene rings is 1. The van der Waals surface area contributed by atoms with Crippen LogP contribution in [-0.4, -0.2) is 13.1 Å². The van der Waals surface area contributed by atoms with Crippen molar-refractivity contribution < 1.29 is 8.78 Å². The van der Waals surface area contributed by atoms with E-state index in [4.69, 9.17) is 5.73 Å². The number of allylic oxidation sites excluding steroid dienone is 1. The first-order valence-electron chi connectivity index (χ1n) is 5.68. The Hall–Kier alpha value is -1.26. The van der Waals surface area contributed by atoms with Crippen LogP contribution in [0.4, 0.5) is 8.78 Å². The minimum absolute atomic E-state index is 0.276. The average Bonchev–Trinajstić information content (AvgIpc) is 2.31. The highest BCUT2D eigenvalue weighted by Gasteiger charge is 2.13. The fraction of sp³-hybridized carbons (Fsp3) is 0.385. The molecule has 0 saturated carbocycles. The van der Waals surface area contributed by atoms with Crippen molar-refractivity contribution >= 4 is 0 Å². The molecule has 1 unspecified atom stereocenters. The van der Waals surface area contributed by atoms with Crippen molar-refractivity contribution in [3.63, 3.8) is 0 Å². The summed E-state index contributed by atoms with van der Waals surface area (Å²) in [5.41, 5.74) is 6.00. The van der Waals surface area contributed by atoms with Crippen LogP contribution in [0.2, 0.25) is 0 Å². The standard InChI is InChI=1S/C13H18F2N2/c1-2-3-4-7-17-13(9-16)11-6-5-10(14)8-12(11)15/h2-3,5-6,8,13,17H,4,7,9,16H2,1H3/b3-2+. The van der Waals surface area contributed by atoms with E-state index < -0.39 is 11.6 Å². The summed E-state index contributed by atoms with van der Waals surface area (Å²) >= 11 is 0. The summed E-state index contributed by atoms with van der Waals surface area (Å²) in [4.78, 5) is 0. The Morgan fingerprint density at radius 2 is 2.18 bits per heavy atom. The van der Waals surface area contributed by atoms with E-state index in [1.807, 2.05) is 19.1 Å². The van der Waals surface area contributed by atoms with Gasteiger partial charge in [0.15, 0.2) is 0 Å². The van der Waals surface area contributed by atoms with Crippen molar-refractivity contribution in [3.8, 4) is 0 Å². The maximum Gasteiger partial charge on any atom is 0.130 e. The van der Waals surface area contributed by atoms with Crippen molar-refractivity contribution in [1.29, 1.82) is 0 Å². The van der Waals surface area contributed by atoms with Gasteiger partial charge in [-0.2, -0.15) is 0 Å². The van der Waals surface area contributed by atoms with Crippen LogP contribution in [0, 0.1) is 11.6 Å². The third kappa shape index (κ3) is 4.24. The Bertz CT molecular complexity index is 378. The van der Waals surface area contributed by atoms with Gasteiger partial charge in [-0.15, -0.1) is 0 Å². The molecule has 1 aromatic carbocycles. The third-order valence-corrected chi connectivity index (χ3v) is 2.51. The summed E-state index contributed by atoms with van der Waals surface area (Å²) < 4.78 is 26.3. The molecule has 1 rings (SSSR count). The lowest BCUT2D eigenvalue weighted by Crippen LogP contribution is -2.29. The van der Waals surface area contributed by atoms with Crippen molar-refractivity contribution in [2.24, 2.45) is 5.73 Å². The van der Waals surface area contributed by atoms with Crippen LogP contribution < -0.4 is 11.1 Å². The number of hydrogen-bond donors (Lipinski definition) is 2. The van der Waals surface area contributed by atoms with Gasteiger partial charge in [0.05, 0.1) is 0 Å². The molecule has 2 nitrogen and oxygen atoms in total. The Kier molecular flexibility index (Phi) is 5.80. The molecule has 3 N–H and O–H groups in total. The fourth-order valence-corrected chi connectivity index (χ4v) is 1.61. The van der Waals surface area contributed by atoms with E-state index in [0.717, 1.165) is 12.5 Å². The molecule has 0 fully saturated rings. The van der Waals surface area contributed by atoms with Crippen LogP contribution in [0.1, 0.15) is 24.9 Å². The summed E-state index contributed by atoms with van der Waals surface area (Å²) in [6.45, 7) is 2.93. The first-order chi connectivity index (χ1) is 8.19. The molecule has 4 heteroatoms. The molecule has 94 valence electrons. The zero-order chi connectivity index (χ0) is 12.7. The maximum absolute atomic E-state index is 13.5. The molecule has 1 atom stereocenters. The lowest BCUT2D eigenvalue weighted by molar-refractivity contribution is 0.503. The molecule has 0 bridgehead atoms. The number of halogens is 2. The molecule has 1 aromatic rings. The van der Waals surface area contributed by atoms with Gasteiger partial charge in [0, 0.05) is 24.2 Å². The number of hydrogen-bond acceptors (Lipinski definition) is 2. The minimum atomic E-state index is -0.573. The molecular formula is C13H18F2N2. The van der Waals surface area contributed by atoms with Crippen LogP contribution in [0.15, 0.2) is 30.4 Å². The van der Waals surface area contributed by atoms with Crippen molar-refractivity contribution in [1.82, 2.24) is 5.32 Å². The van der Waals surface area contributed by atoms with Gasteiger partial charge in [-0.3, -0.25) is 0 Å². The zero-order valence-electron chi connectivity index (χ0n) is 9.92. The Morgan fingerprint density at radius 1 is 1.41 bits per heavy atom. The van der Waals surface area contributed by atoms with Gasteiger partial charge in [0.2, 0.25) is 0 Å².